The molecule has 0 radical (unpaired) electrons. The zero-order valence-electron chi connectivity index (χ0n) is 22.8. The third-order valence-electron chi connectivity index (χ3n) is 7.82. The molecule has 0 amide bonds. The Labute approximate surface area is 239 Å². The summed E-state index contributed by atoms with van der Waals surface area (Å²) in [5, 5.41) is 0.861. The van der Waals surface area contributed by atoms with Crippen molar-refractivity contribution in [3.05, 3.63) is 94.9 Å². The van der Waals surface area contributed by atoms with Crippen LogP contribution in [0, 0.1) is 5.92 Å². The first-order valence-corrected chi connectivity index (χ1v) is 13.9. The highest BCUT2D eigenvalue weighted by Gasteiger charge is 2.37. The van der Waals surface area contributed by atoms with Gasteiger partial charge in [0.25, 0.3) is 0 Å². The molecular formula is C31H31F6N5. The number of pyridine rings is 1. The molecule has 0 spiro atoms. The van der Waals surface area contributed by atoms with E-state index < -0.39 is 23.5 Å². The monoisotopic (exact) mass is 587 g/mol. The first-order valence-electron chi connectivity index (χ1n) is 13.9. The van der Waals surface area contributed by atoms with Crippen molar-refractivity contribution in [1.29, 1.82) is 0 Å². The first kappa shape index (κ1) is 29.8. The van der Waals surface area contributed by atoms with E-state index >= 15 is 0 Å². The van der Waals surface area contributed by atoms with E-state index in [-0.39, 0.29) is 36.6 Å². The fraction of sp³-hybridized carbons (Fsp3) is 0.387. The van der Waals surface area contributed by atoms with Crippen molar-refractivity contribution in [2.75, 3.05) is 11.4 Å². The van der Waals surface area contributed by atoms with Crippen molar-refractivity contribution in [3.8, 4) is 0 Å². The number of fused-ring (bicyclic) bond motifs is 1. The second kappa shape index (κ2) is 12.2. The van der Waals surface area contributed by atoms with Crippen molar-refractivity contribution < 1.29 is 26.3 Å². The largest absolute Gasteiger partial charge is 0.416 e. The van der Waals surface area contributed by atoms with Crippen LogP contribution in [0.1, 0.15) is 66.0 Å². The molecule has 11 heteroatoms. The van der Waals surface area contributed by atoms with E-state index in [1.54, 1.807) is 11.0 Å². The zero-order valence-corrected chi connectivity index (χ0v) is 22.8. The number of nitrogens with two attached hydrogens (primary N) is 1. The summed E-state index contributed by atoms with van der Waals surface area (Å²) in [5.41, 5.74) is 5.73. The maximum atomic E-state index is 13.6. The highest BCUT2D eigenvalue weighted by Crippen LogP contribution is 2.38. The molecule has 0 bridgehead atoms. The third kappa shape index (κ3) is 7.00. The van der Waals surface area contributed by atoms with E-state index in [1.807, 2.05) is 30.3 Å². The van der Waals surface area contributed by atoms with Gasteiger partial charge in [-0.15, -0.1) is 0 Å². The number of benzene rings is 2. The molecule has 5 rings (SSSR count). The number of aromatic nitrogens is 3. The van der Waals surface area contributed by atoms with Crippen LogP contribution < -0.4 is 10.6 Å². The lowest BCUT2D eigenvalue weighted by molar-refractivity contribution is -0.143. The Hall–Kier alpha value is -3.73. The quantitative estimate of drug-likeness (QED) is 0.202. The number of alkyl halides is 6. The molecule has 2 aromatic heterocycles. The van der Waals surface area contributed by atoms with Crippen LogP contribution >= 0.6 is 0 Å². The van der Waals surface area contributed by atoms with Gasteiger partial charge in [0.05, 0.1) is 22.3 Å². The van der Waals surface area contributed by atoms with Gasteiger partial charge in [0.2, 0.25) is 5.95 Å². The topological polar surface area (TPSA) is 67.9 Å². The molecular weight excluding hydrogens is 556 g/mol. The maximum Gasteiger partial charge on any atom is 0.416 e. The predicted octanol–water partition coefficient (Wildman–Crippen LogP) is 7.89. The summed E-state index contributed by atoms with van der Waals surface area (Å²) in [6.07, 6.45) is -1.48. The molecule has 222 valence electrons. The lowest BCUT2D eigenvalue weighted by Gasteiger charge is -2.27. The molecule has 0 saturated heterocycles. The second-order valence-electron chi connectivity index (χ2n) is 10.9. The summed E-state index contributed by atoms with van der Waals surface area (Å²) in [6.45, 7) is 0.175. The van der Waals surface area contributed by atoms with Gasteiger partial charge in [-0.1, -0.05) is 43.9 Å². The van der Waals surface area contributed by atoms with Crippen molar-refractivity contribution in [2.45, 2.75) is 63.5 Å². The number of para-hydroxylation sites is 1. The summed E-state index contributed by atoms with van der Waals surface area (Å²) in [6, 6.07) is 12.8. The molecule has 42 heavy (non-hydrogen) atoms. The van der Waals surface area contributed by atoms with Crippen molar-refractivity contribution in [2.24, 2.45) is 11.7 Å². The Morgan fingerprint density at radius 2 is 1.48 bits per heavy atom. The zero-order chi connectivity index (χ0) is 29.9. The average molecular weight is 588 g/mol. The van der Waals surface area contributed by atoms with Gasteiger partial charge in [-0.2, -0.15) is 26.3 Å². The van der Waals surface area contributed by atoms with Crippen molar-refractivity contribution in [1.82, 2.24) is 15.0 Å². The molecule has 1 aliphatic rings. The van der Waals surface area contributed by atoms with Crippen LogP contribution in [0.5, 0.6) is 0 Å². The number of rotatable bonds is 9. The van der Waals surface area contributed by atoms with Crippen LogP contribution in [0.2, 0.25) is 0 Å². The smallest absolute Gasteiger partial charge is 0.332 e. The molecule has 2 aromatic carbocycles. The van der Waals surface area contributed by atoms with Gasteiger partial charge in [-0.25, -0.2) is 9.97 Å². The molecule has 1 saturated carbocycles. The third-order valence-corrected chi connectivity index (χ3v) is 7.82. The SMILES string of the molecule is NCC(CC1CCCC1)c1nc2ccccc2cc1CN(Cc1cc(C(F)(F)F)cc(C(F)(F)F)c1)c1ncccn1. The Morgan fingerprint density at radius 1 is 0.833 bits per heavy atom. The van der Waals surface area contributed by atoms with E-state index in [0.717, 1.165) is 53.6 Å². The number of hydrogen-bond donors (Lipinski definition) is 1. The number of anilines is 1. The summed E-state index contributed by atoms with van der Waals surface area (Å²) in [5.74, 6) is 0.637. The molecule has 1 unspecified atom stereocenters. The van der Waals surface area contributed by atoms with Crippen LogP contribution in [0.25, 0.3) is 10.9 Å². The van der Waals surface area contributed by atoms with Crippen LogP contribution in [0.4, 0.5) is 32.3 Å². The minimum absolute atomic E-state index is 0.0587. The molecule has 1 aliphatic carbocycles. The van der Waals surface area contributed by atoms with E-state index in [1.165, 1.54) is 25.2 Å². The Morgan fingerprint density at radius 3 is 2.10 bits per heavy atom. The predicted molar refractivity (Wildman–Crippen MR) is 148 cm³/mol. The van der Waals surface area contributed by atoms with Gasteiger partial charge in [0.15, 0.2) is 0 Å². The summed E-state index contributed by atoms with van der Waals surface area (Å²) >= 11 is 0. The maximum absolute atomic E-state index is 13.6. The van der Waals surface area contributed by atoms with Crippen LogP contribution in [-0.2, 0) is 25.4 Å². The standard InChI is InChI=1S/C31H31F6N5/c32-30(33,34)25-13-21(14-26(16-25)31(35,36)37)18-42(29-39-10-5-11-40-29)19-24-15-22-8-3-4-9-27(22)41-28(24)23(17-38)12-20-6-1-2-7-20/h3-5,8-11,13-16,20,23H,1-2,6-7,12,17-19,38H2. The molecule has 2 N–H and O–H groups in total. The molecule has 0 aliphatic heterocycles. The van der Waals surface area contributed by atoms with Gasteiger partial charge in [-0.3, -0.25) is 4.98 Å². The van der Waals surface area contributed by atoms with Gasteiger partial charge >= 0.3 is 12.4 Å². The van der Waals surface area contributed by atoms with E-state index in [9.17, 15) is 26.3 Å². The van der Waals surface area contributed by atoms with Crippen molar-refractivity contribution >= 4 is 16.9 Å². The minimum Gasteiger partial charge on any atom is -0.332 e. The summed E-state index contributed by atoms with van der Waals surface area (Å²) in [4.78, 5) is 15.1. The highest BCUT2D eigenvalue weighted by atomic mass is 19.4. The highest BCUT2D eigenvalue weighted by molar-refractivity contribution is 5.79. The first-order chi connectivity index (χ1) is 20.0. The minimum atomic E-state index is -4.95. The Kier molecular flexibility index (Phi) is 8.68. The van der Waals surface area contributed by atoms with Gasteiger partial charge in [0, 0.05) is 43.3 Å². The number of nitrogens with zero attached hydrogens (tertiary/aromatic N) is 4. The fourth-order valence-electron chi connectivity index (χ4n) is 5.81. The lowest BCUT2D eigenvalue weighted by Crippen LogP contribution is -2.27. The van der Waals surface area contributed by atoms with Crippen LogP contribution in [0.3, 0.4) is 0 Å². The van der Waals surface area contributed by atoms with E-state index in [0.29, 0.717) is 12.5 Å². The normalized spacial score (nSPS) is 15.3. The number of halogens is 6. The van der Waals surface area contributed by atoms with E-state index in [2.05, 4.69) is 9.97 Å². The fourth-order valence-corrected chi connectivity index (χ4v) is 5.81. The second-order valence-corrected chi connectivity index (χ2v) is 10.9. The number of hydrogen-bond acceptors (Lipinski definition) is 5. The summed E-state index contributed by atoms with van der Waals surface area (Å²) < 4.78 is 81.7. The molecule has 1 atom stereocenters. The van der Waals surface area contributed by atoms with Crippen LogP contribution in [-0.4, -0.2) is 21.5 Å². The summed E-state index contributed by atoms with van der Waals surface area (Å²) in [7, 11) is 0. The molecule has 5 nitrogen and oxygen atoms in total. The van der Waals surface area contributed by atoms with Crippen LogP contribution in [0.15, 0.2) is 67.0 Å². The van der Waals surface area contributed by atoms with Gasteiger partial charge < -0.3 is 10.6 Å². The lowest BCUT2D eigenvalue weighted by atomic mass is 9.88. The molecule has 2 heterocycles. The average Bonchev–Trinajstić information content (AvgIpc) is 3.48. The molecule has 1 fully saturated rings. The Bertz CT molecular complexity index is 1470. The van der Waals surface area contributed by atoms with Gasteiger partial charge in [0.1, 0.15) is 0 Å². The van der Waals surface area contributed by atoms with Gasteiger partial charge in [-0.05, 0) is 59.9 Å². The van der Waals surface area contributed by atoms with E-state index in [4.69, 9.17) is 10.7 Å². The Balaban J connectivity index is 1.58. The van der Waals surface area contributed by atoms with Crippen molar-refractivity contribution in [3.63, 3.8) is 0 Å². The molecule has 4 aromatic rings.